The predicted molar refractivity (Wildman–Crippen MR) is 302 cm³/mol. The smallest absolute Gasteiger partial charge is 0.399 e. The number of imidazole rings is 2. The molecule has 0 unspecified atom stereocenters. The molecule has 0 N–H and O–H groups in total. The van der Waals surface area contributed by atoms with Gasteiger partial charge in [0.1, 0.15) is 27.0 Å². The van der Waals surface area contributed by atoms with Crippen LogP contribution in [-0.2, 0) is 45.1 Å². The van der Waals surface area contributed by atoms with E-state index < -0.39 is 18.3 Å². The summed E-state index contributed by atoms with van der Waals surface area (Å²) in [5, 5.41) is 5.21. The minimum absolute atomic E-state index is 0.117. The Morgan fingerprint density at radius 3 is 1.67 bits per heavy atom. The van der Waals surface area contributed by atoms with Gasteiger partial charge in [0.25, 0.3) is 0 Å². The standard InChI is InChI=1S/C25H24FN5OS.C19H20BFN2O2S.C12H16IN3O/c1-3-22(32)30-8-9-31-20(13-30)24(29-25(31)15-4-5-15)23-17-11-28-19(21-12-27-14(2)33-21)10-16(17)6-7-18(23)26;1-11-22-10-16(26-11)15-8-12-6-7-14(21)17(13(12)9-23-15)20-24-18(2,3)19(4,5)25-20;1-2-10(17)15-5-6-16-9(7-15)11(13)14-12(16)8-3-4-8/h6-7,10-12,15H,3-5,8-9,13H2,1-2H3;6-10H,1-5H3;8H,2-7H2,1H3. The third-order valence-electron chi connectivity index (χ3n) is 15.4. The number of hydrogen-bond donors (Lipinski definition) is 0. The van der Waals surface area contributed by atoms with Crippen molar-refractivity contribution in [3.63, 3.8) is 0 Å². The van der Waals surface area contributed by atoms with E-state index in [4.69, 9.17) is 14.3 Å². The Hall–Kier alpha value is -5.55. The summed E-state index contributed by atoms with van der Waals surface area (Å²) < 4.78 is 47.9. The van der Waals surface area contributed by atoms with Crippen LogP contribution in [0.3, 0.4) is 0 Å². The highest BCUT2D eigenvalue weighted by atomic mass is 127. The third kappa shape index (κ3) is 10.1. The fourth-order valence-electron chi connectivity index (χ4n) is 10.2. The number of pyridine rings is 2. The van der Waals surface area contributed by atoms with Crippen molar-refractivity contribution < 1.29 is 27.7 Å². The number of benzene rings is 2. The summed E-state index contributed by atoms with van der Waals surface area (Å²) in [6.45, 7) is 19.9. The first-order chi connectivity index (χ1) is 36.4. The quantitative estimate of drug-likeness (QED) is 0.106. The molecule has 2 amide bonds. The Bertz CT molecular complexity index is 3550. The minimum Gasteiger partial charge on any atom is -0.399 e. The average molecular weight is 1180 g/mol. The first kappa shape index (κ1) is 52.5. The molecule has 76 heavy (non-hydrogen) atoms. The molecular formula is C56H60BF2IN10O4S2. The van der Waals surface area contributed by atoms with Gasteiger partial charge in [-0.25, -0.2) is 28.7 Å². The first-order valence-corrected chi connectivity index (χ1v) is 28.9. The second-order valence-corrected chi connectivity index (χ2v) is 24.7. The first-order valence-electron chi connectivity index (χ1n) is 26.2. The Kier molecular flexibility index (Phi) is 14.3. The van der Waals surface area contributed by atoms with Crippen LogP contribution < -0.4 is 5.46 Å². The van der Waals surface area contributed by atoms with Gasteiger partial charge in [0.05, 0.1) is 72.5 Å². The molecule has 2 aromatic carbocycles. The molecule has 1 saturated heterocycles. The molecule has 5 aliphatic rings. The zero-order chi connectivity index (χ0) is 53.4. The summed E-state index contributed by atoms with van der Waals surface area (Å²) in [5.41, 5.74) is 4.30. The molecule has 3 fully saturated rings. The lowest BCUT2D eigenvalue weighted by Crippen LogP contribution is -2.41. The van der Waals surface area contributed by atoms with Gasteiger partial charge in [-0.1, -0.05) is 26.0 Å². The lowest BCUT2D eigenvalue weighted by atomic mass is 9.76. The molecule has 2 saturated carbocycles. The fraction of sp³-hybridized carbons (Fsp3) is 0.429. The van der Waals surface area contributed by atoms with Crippen molar-refractivity contribution in [2.45, 2.75) is 143 Å². The molecular weight excluding hydrogens is 1120 g/mol. The van der Waals surface area contributed by atoms with Gasteiger partial charge >= 0.3 is 7.12 Å². The number of fused-ring (bicyclic) bond motifs is 4. The fourth-order valence-corrected chi connectivity index (χ4v) is 12.4. The van der Waals surface area contributed by atoms with E-state index in [9.17, 15) is 14.0 Å². The number of amides is 2. The van der Waals surface area contributed by atoms with E-state index in [-0.39, 0.29) is 23.4 Å². The number of carbonyl (C=O) groups excluding carboxylic acids is 2. The van der Waals surface area contributed by atoms with E-state index >= 15 is 4.39 Å². The topological polar surface area (TPSA) is 146 Å². The zero-order valence-corrected chi connectivity index (χ0v) is 47.8. The number of rotatable bonds is 8. The maximum Gasteiger partial charge on any atom is 0.498 e. The third-order valence-corrected chi connectivity index (χ3v) is 18.2. The molecule has 0 bridgehead atoms. The van der Waals surface area contributed by atoms with Crippen molar-refractivity contribution in [2.24, 2.45) is 0 Å². The van der Waals surface area contributed by atoms with E-state index in [0.717, 1.165) is 95.0 Å². The molecule has 2 aliphatic carbocycles. The largest absolute Gasteiger partial charge is 0.498 e. The van der Waals surface area contributed by atoms with Crippen LogP contribution in [-0.4, -0.2) is 92.1 Å². The highest BCUT2D eigenvalue weighted by Crippen LogP contribution is 2.45. The van der Waals surface area contributed by atoms with E-state index in [2.05, 4.69) is 56.6 Å². The maximum absolute atomic E-state index is 15.4. The van der Waals surface area contributed by atoms with Gasteiger partial charge < -0.3 is 28.2 Å². The average Bonchev–Trinajstić information content (AvgIpc) is 4.28. The van der Waals surface area contributed by atoms with Crippen LogP contribution in [0.4, 0.5) is 8.78 Å². The van der Waals surface area contributed by atoms with Gasteiger partial charge in [-0.15, -0.1) is 22.7 Å². The number of carbonyl (C=O) groups is 2. The van der Waals surface area contributed by atoms with Crippen molar-refractivity contribution in [3.05, 3.63) is 110 Å². The lowest BCUT2D eigenvalue weighted by molar-refractivity contribution is -0.133. The monoisotopic (exact) mass is 1180 g/mol. The summed E-state index contributed by atoms with van der Waals surface area (Å²) >= 11 is 5.47. The van der Waals surface area contributed by atoms with Crippen LogP contribution in [0.1, 0.15) is 125 Å². The number of aromatic nitrogens is 8. The van der Waals surface area contributed by atoms with Gasteiger partial charge in [0.2, 0.25) is 11.8 Å². The molecule has 20 heteroatoms. The molecule has 0 spiro atoms. The van der Waals surface area contributed by atoms with Crippen LogP contribution in [0.5, 0.6) is 0 Å². The molecule has 3 aliphatic heterocycles. The number of aryl methyl sites for hydroxylation is 2. The number of halogens is 3. The molecule has 9 heterocycles. The molecule has 8 aromatic rings. The van der Waals surface area contributed by atoms with Gasteiger partial charge in [-0.2, -0.15) is 0 Å². The predicted octanol–water partition coefficient (Wildman–Crippen LogP) is 11.5. The van der Waals surface area contributed by atoms with E-state index in [1.165, 1.54) is 36.5 Å². The normalized spacial score (nSPS) is 17.5. The molecule has 14 nitrogen and oxygen atoms in total. The second-order valence-electron chi connectivity index (χ2n) is 21.2. The Morgan fingerprint density at radius 1 is 0.671 bits per heavy atom. The second kappa shape index (κ2) is 20.7. The summed E-state index contributed by atoms with van der Waals surface area (Å²) in [7, 11) is -0.762. The van der Waals surface area contributed by atoms with Gasteiger partial charge in [0, 0.05) is 97.4 Å². The van der Waals surface area contributed by atoms with E-state index in [1.54, 1.807) is 47.2 Å². The van der Waals surface area contributed by atoms with E-state index in [1.807, 2.05) is 89.7 Å². The van der Waals surface area contributed by atoms with Crippen LogP contribution >= 0.6 is 45.3 Å². The molecule has 394 valence electrons. The minimum atomic E-state index is -0.762. The van der Waals surface area contributed by atoms with Gasteiger partial charge in [0.15, 0.2) is 0 Å². The Morgan fingerprint density at radius 2 is 1.16 bits per heavy atom. The number of hydrogen-bond acceptors (Lipinski definition) is 12. The van der Waals surface area contributed by atoms with Gasteiger partial charge in [-0.3, -0.25) is 19.6 Å². The van der Waals surface area contributed by atoms with Crippen LogP contribution in [0.15, 0.2) is 61.2 Å². The summed E-state index contributed by atoms with van der Waals surface area (Å²) in [5.74, 6) is 3.12. The highest BCUT2D eigenvalue weighted by molar-refractivity contribution is 14.1. The van der Waals surface area contributed by atoms with Gasteiger partial charge in [-0.05, 0) is 125 Å². The van der Waals surface area contributed by atoms with Crippen molar-refractivity contribution in [1.82, 2.24) is 48.8 Å². The Labute approximate surface area is 463 Å². The van der Waals surface area contributed by atoms with E-state index in [0.29, 0.717) is 66.4 Å². The number of thiazole rings is 2. The van der Waals surface area contributed by atoms with Crippen molar-refractivity contribution in [2.75, 3.05) is 13.1 Å². The summed E-state index contributed by atoms with van der Waals surface area (Å²) in [6.07, 6.45) is 12.9. The van der Waals surface area contributed by atoms with Crippen molar-refractivity contribution >= 4 is 91.2 Å². The molecule has 0 radical (unpaired) electrons. The lowest BCUT2D eigenvalue weighted by Gasteiger charge is -2.32. The highest BCUT2D eigenvalue weighted by Gasteiger charge is 2.53. The number of nitrogens with zero attached hydrogens (tertiary/aromatic N) is 10. The SMILES string of the molecule is CCC(=O)N1CCn2c(C3CC3)nc(-c3c(F)ccc4cc(-c5cnc(C)s5)ncc34)c2C1.CCC(=O)N1CCn2c(C3CC3)nc(I)c2C1.Cc1ncc(-c2cc3ccc(F)c(B4OC(C)(C)C(C)(C)O4)c3cn2)s1. The van der Waals surface area contributed by atoms with Crippen LogP contribution in [0.2, 0.25) is 0 Å². The maximum atomic E-state index is 15.4. The van der Waals surface area contributed by atoms with Crippen molar-refractivity contribution in [3.8, 4) is 32.4 Å². The summed E-state index contributed by atoms with van der Waals surface area (Å²) in [4.78, 5) is 57.4. The zero-order valence-electron chi connectivity index (χ0n) is 44.0. The van der Waals surface area contributed by atoms with Crippen LogP contribution in [0, 0.1) is 29.2 Å². The molecule has 6 aromatic heterocycles. The molecule has 0 atom stereocenters. The van der Waals surface area contributed by atoms with Crippen LogP contribution in [0.25, 0.3) is 53.9 Å². The van der Waals surface area contributed by atoms with Crippen molar-refractivity contribution in [1.29, 1.82) is 0 Å². The Balaban J connectivity index is 0.000000128. The summed E-state index contributed by atoms with van der Waals surface area (Å²) in [6, 6.07) is 10.5. The molecule has 13 rings (SSSR count).